The van der Waals surface area contributed by atoms with Crippen LogP contribution < -0.4 is 10.1 Å². The minimum atomic E-state index is -0.450. The second-order valence-corrected chi connectivity index (χ2v) is 5.87. The summed E-state index contributed by atoms with van der Waals surface area (Å²) in [6.07, 6.45) is 2.31. The third-order valence-corrected chi connectivity index (χ3v) is 3.72. The van der Waals surface area contributed by atoms with Crippen LogP contribution >= 0.6 is 0 Å². The van der Waals surface area contributed by atoms with Crippen molar-refractivity contribution in [2.75, 3.05) is 6.61 Å². The van der Waals surface area contributed by atoms with Gasteiger partial charge in [0.2, 0.25) is 0 Å². The van der Waals surface area contributed by atoms with Gasteiger partial charge in [-0.2, -0.15) is 5.10 Å². The molecular formula is C20H24FN3O2. The van der Waals surface area contributed by atoms with E-state index in [1.54, 1.807) is 31.3 Å². The summed E-state index contributed by atoms with van der Waals surface area (Å²) < 4.78 is 21.5. The van der Waals surface area contributed by atoms with E-state index < -0.39 is 5.82 Å². The molecule has 138 valence electrons. The summed E-state index contributed by atoms with van der Waals surface area (Å²) in [5, 5.41) is 6.85. The van der Waals surface area contributed by atoms with E-state index in [-0.39, 0.29) is 18.2 Å². The Bertz CT molecular complexity index is 818. The van der Waals surface area contributed by atoms with E-state index in [2.05, 4.69) is 22.3 Å². The van der Waals surface area contributed by atoms with Crippen LogP contribution in [0, 0.1) is 24.6 Å². The van der Waals surface area contributed by atoms with Crippen LogP contribution in [0.5, 0.6) is 5.75 Å². The lowest BCUT2D eigenvalue weighted by Crippen LogP contribution is -2.25. The number of aryl methyl sites for hydroxylation is 2. The van der Waals surface area contributed by atoms with Gasteiger partial charge in [-0.25, -0.2) is 4.39 Å². The Kier molecular flexibility index (Phi) is 7.22. The minimum absolute atomic E-state index is 0.0775. The Hall–Kier alpha value is -2.81. The quantitative estimate of drug-likeness (QED) is 0.611. The highest BCUT2D eigenvalue weighted by Gasteiger charge is 2.14. The third-order valence-electron chi connectivity index (χ3n) is 3.72. The topological polar surface area (TPSA) is 56.1 Å². The molecule has 1 aromatic heterocycles. The number of hydrogen-bond donors (Lipinski definition) is 1. The highest BCUT2D eigenvalue weighted by molar-refractivity contribution is 5.92. The van der Waals surface area contributed by atoms with Gasteiger partial charge in [-0.15, -0.1) is 11.8 Å². The lowest BCUT2D eigenvalue weighted by Gasteiger charge is -2.11. The molecule has 0 unspecified atom stereocenters. The molecule has 0 atom stereocenters. The summed E-state index contributed by atoms with van der Waals surface area (Å²) in [5.41, 5.74) is 1.56. The highest BCUT2D eigenvalue weighted by atomic mass is 19.1. The van der Waals surface area contributed by atoms with Crippen molar-refractivity contribution in [1.82, 2.24) is 15.1 Å². The number of nitrogens with zero attached hydrogens (tertiary/aromatic N) is 2. The summed E-state index contributed by atoms with van der Waals surface area (Å²) in [5.74, 6) is 5.45. The summed E-state index contributed by atoms with van der Waals surface area (Å²) in [7, 11) is 1.70. The molecule has 6 heteroatoms. The smallest absolute Gasteiger partial charge is 0.269 e. The van der Waals surface area contributed by atoms with Crippen LogP contribution in [0.25, 0.3) is 0 Å². The number of carbonyl (C=O) groups is 1. The molecule has 0 spiro atoms. The Morgan fingerprint density at radius 3 is 2.88 bits per heavy atom. The van der Waals surface area contributed by atoms with Crippen LogP contribution in [-0.4, -0.2) is 22.3 Å². The van der Waals surface area contributed by atoms with Crippen molar-refractivity contribution in [3.63, 3.8) is 0 Å². The largest absolute Gasteiger partial charge is 0.490 e. The van der Waals surface area contributed by atoms with Crippen molar-refractivity contribution >= 4 is 5.91 Å². The first-order valence-corrected chi connectivity index (χ1v) is 8.67. The molecule has 0 aliphatic heterocycles. The van der Waals surface area contributed by atoms with Crippen LogP contribution in [0.1, 0.15) is 47.9 Å². The number of amides is 1. The van der Waals surface area contributed by atoms with Gasteiger partial charge in [0, 0.05) is 32.0 Å². The molecule has 1 amide bonds. The van der Waals surface area contributed by atoms with Gasteiger partial charge in [0.15, 0.2) is 11.6 Å². The lowest BCUT2D eigenvalue weighted by molar-refractivity contribution is 0.0941. The number of benzene rings is 1. The zero-order chi connectivity index (χ0) is 18.9. The summed E-state index contributed by atoms with van der Waals surface area (Å²) in [4.78, 5) is 12.2. The average molecular weight is 357 g/mol. The number of unbranched alkanes of at least 4 members (excludes halogenated alkanes) is 1. The maximum absolute atomic E-state index is 14.5. The molecule has 5 nitrogen and oxygen atoms in total. The van der Waals surface area contributed by atoms with Gasteiger partial charge >= 0.3 is 0 Å². The van der Waals surface area contributed by atoms with Crippen LogP contribution in [0.15, 0.2) is 24.3 Å². The molecule has 0 saturated heterocycles. The Morgan fingerprint density at radius 2 is 2.19 bits per heavy atom. The Morgan fingerprint density at radius 1 is 1.38 bits per heavy atom. The molecule has 2 aromatic rings. The van der Waals surface area contributed by atoms with Crippen molar-refractivity contribution in [3.8, 4) is 17.6 Å². The standard InChI is InChI=1S/C20H24FN3O2/c1-4-5-6-7-8-12-26-18-11-9-10-16(19(18)21)14-22-20(25)17-13-15(2)23-24(17)3/h9-11,13H,4,7-8,12,14H2,1-3H3,(H,22,25). The van der Waals surface area contributed by atoms with E-state index in [0.717, 1.165) is 25.0 Å². The first-order chi connectivity index (χ1) is 12.5. The van der Waals surface area contributed by atoms with Crippen LogP contribution in [-0.2, 0) is 13.6 Å². The fourth-order valence-electron chi connectivity index (χ4n) is 2.45. The molecule has 0 aliphatic carbocycles. The number of ether oxygens (including phenoxy) is 1. The fourth-order valence-corrected chi connectivity index (χ4v) is 2.45. The van der Waals surface area contributed by atoms with Gasteiger partial charge in [-0.05, 0) is 25.5 Å². The van der Waals surface area contributed by atoms with Gasteiger partial charge in [0.1, 0.15) is 5.69 Å². The number of aromatic nitrogens is 2. The summed E-state index contributed by atoms with van der Waals surface area (Å²) in [6, 6.07) is 6.62. The van der Waals surface area contributed by atoms with E-state index in [4.69, 9.17) is 4.74 Å². The van der Waals surface area contributed by atoms with Gasteiger partial charge in [-0.3, -0.25) is 9.48 Å². The van der Waals surface area contributed by atoms with E-state index >= 15 is 0 Å². The number of carbonyl (C=O) groups excluding carboxylic acids is 1. The fraction of sp³-hybridized carbons (Fsp3) is 0.400. The highest BCUT2D eigenvalue weighted by Crippen LogP contribution is 2.20. The molecule has 1 heterocycles. The number of halogens is 1. The molecule has 0 aliphatic rings. The molecule has 0 saturated carbocycles. The van der Waals surface area contributed by atoms with Crippen molar-refractivity contribution in [1.29, 1.82) is 0 Å². The summed E-state index contributed by atoms with van der Waals surface area (Å²) in [6.45, 7) is 4.29. The molecule has 26 heavy (non-hydrogen) atoms. The number of hydrogen-bond acceptors (Lipinski definition) is 3. The van der Waals surface area contributed by atoms with Crippen molar-refractivity contribution < 1.29 is 13.9 Å². The van der Waals surface area contributed by atoms with E-state index in [1.165, 1.54) is 4.68 Å². The van der Waals surface area contributed by atoms with Gasteiger partial charge < -0.3 is 10.1 Å². The second kappa shape index (κ2) is 9.62. The summed E-state index contributed by atoms with van der Waals surface area (Å²) >= 11 is 0. The van der Waals surface area contributed by atoms with Crippen molar-refractivity contribution in [2.24, 2.45) is 7.05 Å². The molecule has 0 fully saturated rings. The van der Waals surface area contributed by atoms with Gasteiger partial charge in [0.25, 0.3) is 5.91 Å². The second-order valence-electron chi connectivity index (χ2n) is 5.87. The number of rotatable bonds is 7. The van der Waals surface area contributed by atoms with Gasteiger partial charge in [0.05, 0.1) is 12.3 Å². The SMILES string of the molecule is CCC#CCCCOc1cccc(CNC(=O)c2cc(C)nn2C)c1F. The van der Waals surface area contributed by atoms with Crippen LogP contribution in [0.3, 0.4) is 0 Å². The lowest BCUT2D eigenvalue weighted by atomic mass is 10.2. The molecule has 1 aromatic carbocycles. The number of nitrogens with one attached hydrogen (secondary N) is 1. The molecule has 2 rings (SSSR count). The van der Waals surface area contributed by atoms with Gasteiger partial charge in [-0.1, -0.05) is 19.1 Å². The molecular weight excluding hydrogens is 333 g/mol. The van der Waals surface area contributed by atoms with E-state index in [1.807, 2.05) is 13.8 Å². The zero-order valence-electron chi connectivity index (χ0n) is 15.4. The predicted molar refractivity (Wildman–Crippen MR) is 98.3 cm³/mol. The Balaban J connectivity index is 1.91. The Labute approximate surface area is 153 Å². The molecule has 0 radical (unpaired) electrons. The monoisotopic (exact) mass is 357 g/mol. The van der Waals surface area contributed by atoms with Crippen LogP contribution in [0.4, 0.5) is 4.39 Å². The average Bonchev–Trinajstić information content (AvgIpc) is 2.96. The van der Waals surface area contributed by atoms with Crippen LogP contribution in [0.2, 0.25) is 0 Å². The first-order valence-electron chi connectivity index (χ1n) is 8.67. The normalized spacial score (nSPS) is 10.2. The predicted octanol–water partition coefficient (Wildman–Crippen LogP) is 3.37. The molecule has 1 N–H and O–H groups in total. The zero-order valence-corrected chi connectivity index (χ0v) is 15.4. The minimum Gasteiger partial charge on any atom is -0.490 e. The third kappa shape index (κ3) is 5.35. The van der Waals surface area contributed by atoms with E-state index in [9.17, 15) is 9.18 Å². The molecule has 0 bridgehead atoms. The van der Waals surface area contributed by atoms with Crippen molar-refractivity contribution in [3.05, 3.63) is 47.0 Å². The first kappa shape index (κ1) is 19.5. The van der Waals surface area contributed by atoms with E-state index in [0.29, 0.717) is 17.9 Å². The maximum Gasteiger partial charge on any atom is 0.269 e. The van der Waals surface area contributed by atoms with Crippen molar-refractivity contribution in [2.45, 2.75) is 39.7 Å². The maximum atomic E-state index is 14.5.